The summed E-state index contributed by atoms with van der Waals surface area (Å²) in [6.07, 6.45) is 3.63. The number of aryl methyl sites for hydroxylation is 1. The lowest BCUT2D eigenvalue weighted by Crippen LogP contribution is -2.21. The quantitative estimate of drug-likeness (QED) is 0.914. The lowest BCUT2D eigenvalue weighted by Gasteiger charge is -2.15. The van der Waals surface area contributed by atoms with E-state index >= 15 is 0 Å². The predicted molar refractivity (Wildman–Crippen MR) is 79.5 cm³/mol. The number of nitrogens with one attached hydrogen (secondary N) is 1. The average Bonchev–Trinajstić information content (AvgIpc) is 3.14. The first-order valence-electron chi connectivity index (χ1n) is 7.07. The van der Waals surface area contributed by atoms with Crippen molar-refractivity contribution in [3.63, 3.8) is 0 Å². The summed E-state index contributed by atoms with van der Waals surface area (Å²) < 4.78 is 6.53. The summed E-state index contributed by atoms with van der Waals surface area (Å²) in [5.41, 5.74) is 2.20. The highest BCUT2D eigenvalue weighted by Crippen LogP contribution is 2.40. The molecular formula is C15H16BrN3O. The molecule has 2 bridgehead atoms. The molecule has 2 saturated heterocycles. The van der Waals surface area contributed by atoms with E-state index in [9.17, 15) is 0 Å². The van der Waals surface area contributed by atoms with E-state index in [4.69, 9.17) is 4.52 Å². The Hall–Kier alpha value is -1.20. The second-order valence-corrected chi connectivity index (χ2v) is 6.68. The molecule has 0 aliphatic carbocycles. The minimum Gasteiger partial charge on any atom is -0.339 e. The molecule has 3 atom stereocenters. The van der Waals surface area contributed by atoms with Crippen LogP contribution < -0.4 is 5.32 Å². The van der Waals surface area contributed by atoms with Crippen molar-refractivity contribution in [1.82, 2.24) is 15.5 Å². The Morgan fingerprint density at radius 2 is 2.25 bits per heavy atom. The van der Waals surface area contributed by atoms with Crippen molar-refractivity contribution in [2.75, 3.05) is 0 Å². The number of benzene rings is 1. The molecule has 1 aromatic heterocycles. The fourth-order valence-corrected chi connectivity index (χ4v) is 4.06. The Kier molecular flexibility index (Phi) is 2.93. The van der Waals surface area contributed by atoms with Gasteiger partial charge in [0.05, 0.1) is 5.92 Å². The zero-order chi connectivity index (χ0) is 13.7. The molecule has 2 aromatic rings. The Labute approximate surface area is 126 Å². The van der Waals surface area contributed by atoms with Crippen LogP contribution in [-0.4, -0.2) is 22.2 Å². The molecule has 3 unspecified atom stereocenters. The van der Waals surface area contributed by atoms with Crippen molar-refractivity contribution < 1.29 is 4.52 Å². The van der Waals surface area contributed by atoms with Gasteiger partial charge < -0.3 is 9.84 Å². The van der Waals surface area contributed by atoms with Gasteiger partial charge in [0, 0.05) is 22.1 Å². The highest BCUT2D eigenvalue weighted by molar-refractivity contribution is 9.10. The normalized spacial score (nSPS) is 28.2. The molecule has 4 rings (SSSR count). The van der Waals surface area contributed by atoms with Gasteiger partial charge in [-0.05, 0) is 43.9 Å². The van der Waals surface area contributed by atoms with Crippen molar-refractivity contribution >= 4 is 15.9 Å². The van der Waals surface area contributed by atoms with E-state index in [-0.39, 0.29) is 0 Å². The Morgan fingerprint density at radius 1 is 1.35 bits per heavy atom. The molecule has 1 N–H and O–H groups in total. The molecule has 0 saturated carbocycles. The topological polar surface area (TPSA) is 51.0 Å². The van der Waals surface area contributed by atoms with E-state index in [2.05, 4.69) is 50.4 Å². The average molecular weight is 334 g/mol. The minimum absolute atomic E-state index is 0.388. The van der Waals surface area contributed by atoms with Crippen LogP contribution in [-0.2, 0) is 0 Å². The summed E-state index contributed by atoms with van der Waals surface area (Å²) >= 11 is 3.58. The van der Waals surface area contributed by atoms with Crippen LogP contribution in [0.15, 0.2) is 27.2 Å². The third kappa shape index (κ3) is 2.00. The molecule has 5 heteroatoms. The van der Waals surface area contributed by atoms with Gasteiger partial charge in [-0.1, -0.05) is 27.2 Å². The smallest absolute Gasteiger partial charge is 0.231 e. The number of hydrogen-bond acceptors (Lipinski definition) is 4. The van der Waals surface area contributed by atoms with Gasteiger partial charge in [-0.25, -0.2) is 0 Å². The van der Waals surface area contributed by atoms with Crippen LogP contribution in [0.1, 0.15) is 36.6 Å². The number of nitrogens with zero attached hydrogens (tertiary/aromatic N) is 2. The summed E-state index contributed by atoms with van der Waals surface area (Å²) in [7, 11) is 0. The van der Waals surface area contributed by atoms with Crippen LogP contribution >= 0.6 is 15.9 Å². The lowest BCUT2D eigenvalue weighted by molar-refractivity contribution is 0.329. The SMILES string of the molecule is Cc1ccc(-c2noc(C3CC4CCC3N4)n2)c(Br)c1. The monoisotopic (exact) mass is 333 g/mol. The van der Waals surface area contributed by atoms with E-state index in [0.717, 1.165) is 22.3 Å². The Morgan fingerprint density at radius 3 is 2.95 bits per heavy atom. The third-order valence-corrected chi connectivity index (χ3v) is 5.08. The largest absolute Gasteiger partial charge is 0.339 e. The molecule has 3 heterocycles. The molecule has 20 heavy (non-hydrogen) atoms. The van der Waals surface area contributed by atoms with Gasteiger partial charge in [0.2, 0.25) is 11.7 Å². The van der Waals surface area contributed by atoms with Crippen molar-refractivity contribution in [2.24, 2.45) is 0 Å². The van der Waals surface area contributed by atoms with E-state index in [1.54, 1.807) is 0 Å². The van der Waals surface area contributed by atoms with E-state index in [0.29, 0.717) is 23.8 Å². The number of fused-ring (bicyclic) bond motifs is 2. The first kappa shape index (κ1) is 12.5. The van der Waals surface area contributed by atoms with Crippen molar-refractivity contribution in [3.8, 4) is 11.4 Å². The summed E-state index contributed by atoms with van der Waals surface area (Å²) in [6.45, 7) is 2.07. The van der Waals surface area contributed by atoms with Crippen molar-refractivity contribution in [3.05, 3.63) is 34.1 Å². The highest BCUT2D eigenvalue weighted by Gasteiger charge is 2.42. The Balaban J connectivity index is 1.65. The van der Waals surface area contributed by atoms with Gasteiger partial charge in [-0.3, -0.25) is 0 Å². The van der Waals surface area contributed by atoms with Crippen LogP contribution in [0.4, 0.5) is 0 Å². The van der Waals surface area contributed by atoms with Crippen LogP contribution in [0.3, 0.4) is 0 Å². The second kappa shape index (κ2) is 4.67. The highest BCUT2D eigenvalue weighted by atomic mass is 79.9. The molecule has 2 aliphatic rings. The second-order valence-electron chi connectivity index (χ2n) is 5.83. The van der Waals surface area contributed by atoms with Crippen LogP contribution in [0.2, 0.25) is 0 Å². The minimum atomic E-state index is 0.388. The fraction of sp³-hybridized carbons (Fsp3) is 0.467. The first-order chi connectivity index (χ1) is 9.70. The molecule has 0 radical (unpaired) electrons. The predicted octanol–water partition coefficient (Wildman–Crippen LogP) is 3.42. The van der Waals surface area contributed by atoms with Gasteiger partial charge >= 0.3 is 0 Å². The van der Waals surface area contributed by atoms with Crippen molar-refractivity contribution in [1.29, 1.82) is 0 Å². The maximum atomic E-state index is 5.52. The third-order valence-electron chi connectivity index (χ3n) is 4.42. The van der Waals surface area contributed by atoms with E-state index in [1.807, 2.05) is 6.07 Å². The number of rotatable bonds is 2. The number of hydrogen-bond donors (Lipinski definition) is 1. The summed E-state index contributed by atoms with van der Waals surface area (Å²) in [5, 5.41) is 7.77. The lowest BCUT2D eigenvalue weighted by atomic mass is 9.89. The standard InChI is InChI=1S/C15H16BrN3O/c1-8-2-4-10(12(16)6-8)14-18-15(20-19-14)11-7-9-3-5-13(11)17-9/h2,4,6,9,11,13,17H,3,5,7H2,1H3. The summed E-state index contributed by atoms with van der Waals surface area (Å²) in [6, 6.07) is 7.34. The van der Waals surface area contributed by atoms with Crippen LogP contribution in [0, 0.1) is 6.92 Å². The fourth-order valence-electron chi connectivity index (χ4n) is 3.39. The Bertz CT molecular complexity index is 654. The van der Waals surface area contributed by atoms with Gasteiger partial charge in [-0.15, -0.1) is 0 Å². The number of halogens is 1. The van der Waals surface area contributed by atoms with Gasteiger partial charge in [0.1, 0.15) is 0 Å². The molecule has 0 spiro atoms. The molecule has 2 aliphatic heterocycles. The molecule has 104 valence electrons. The van der Waals surface area contributed by atoms with Gasteiger partial charge in [0.25, 0.3) is 0 Å². The first-order valence-corrected chi connectivity index (χ1v) is 7.86. The molecule has 1 aromatic carbocycles. The van der Waals surface area contributed by atoms with E-state index in [1.165, 1.54) is 18.4 Å². The maximum Gasteiger partial charge on any atom is 0.231 e. The zero-order valence-electron chi connectivity index (χ0n) is 11.3. The van der Waals surface area contributed by atoms with Gasteiger partial charge in [-0.2, -0.15) is 4.98 Å². The summed E-state index contributed by atoms with van der Waals surface area (Å²) in [4.78, 5) is 4.62. The molecule has 0 amide bonds. The molecular weight excluding hydrogens is 318 g/mol. The van der Waals surface area contributed by atoms with E-state index < -0.39 is 0 Å². The van der Waals surface area contributed by atoms with Gasteiger partial charge in [0.15, 0.2) is 0 Å². The molecule has 4 nitrogen and oxygen atoms in total. The van der Waals surface area contributed by atoms with Crippen molar-refractivity contribution in [2.45, 2.75) is 44.2 Å². The summed E-state index contributed by atoms with van der Waals surface area (Å²) in [5.74, 6) is 1.85. The maximum absolute atomic E-state index is 5.52. The zero-order valence-corrected chi connectivity index (χ0v) is 12.9. The molecule has 2 fully saturated rings. The van der Waals surface area contributed by atoms with Crippen LogP contribution in [0.25, 0.3) is 11.4 Å². The van der Waals surface area contributed by atoms with Crippen LogP contribution in [0.5, 0.6) is 0 Å². The number of aromatic nitrogens is 2.